The summed E-state index contributed by atoms with van der Waals surface area (Å²) in [5.74, 6) is 0.0194. The number of nitrogens with zero attached hydrogens (tertiary/aromatic N) is 1. The molecule has 1 aromatic carbocycles. The normalized spacial score (nSPS) is 11.2. The average molecular weight is 211 g/mol. The van der Waals surface area contributed by atoms with Crippen LogP contribution in [-0.2, 0) is 0 Å². The number of benzene rings is 1. The molecule has 0 amide bonds. The molecule has 0 aliphatic carbocycles. The first kappa shape index (κ1) is 11.2. The SMILES string of the molecule is CC=C(F)COc1ccc([N+](=O)[O-])cc1. The predicted molar refractivity (Wildman–Crippen MR) is 53.5 cm³/mol. The van der Waals surface area contributed by atoms with Crippen LogP contribution in [0.4, 0.5) is 10.1 Å². The second-order valence-electron chi connectivity index (χ2n) is 2.78. The molecule has 0 heterocycles. The summed E-state index contributed by atoms with van der Waals surface area (Å²) in [6, 6.07) is 5.48. The molecule has 0 spiro atoms. The fourth-order valence-electron chi connectivity index (χ4n) is 0.900. The summed E-state index contributed by atoms with van der Waals surface area (Å²) in [6.45, 7) is 1.41. The van der Waals surface area contributed by atoms with Gasteiger partial charge in [-0.05, 0) is 19.1 Å². The lowest BCUT2D eigenvalue weighted by Gasteiger charge is -2.03. The van der Waals surface area contributed by atoms with Gasteiger partial charge in [-0.15, -0.1) is 0 Å². The van der Waals surface area contributed by atoms with E-state index in [9.17, 15) is 14.5 Å². The van der Waals surface area contributed by atoms with E-state index in [1.54, 1.807) is 6.92 Å². The molecule has 0 aromatic heterocycles. The third-order valence-corrected chi connectivity index (χ3v) is 1.74. The van der Waals surface area contributed by atoms with E-state index in [1.807, 2.05) is 0 Å². The van der Waals surface area contributed by atoms with E-state index in [1.165, 1.54) is 30.3 Å². The van der Waals surface area contributed by atoms with Gasteiger partial charge in [-0.25, -0.2) is 4.39 Å². The van der Waals surface area contributed by atoms with E-state index >= 15 is 0 Å². The van der Waals surface area contributed by atoms with Crippen LogP contribution < -0.4 is 4.74 Å². The van der Waals surface area contributed by atoms with Gasteiger partial charge in [0.1, 0.15) is 18.2 Å². The van der Waals surface area contributed by atoms with Crippen molar-refractivity contribution < 1.29 is 14.1 Å². The summed E-state index contributed by atoms with van der Waals surface area (Å²) in [6.07, 6.45) is 1.30. The highest BCUT2D eigenvalue weighted by Gasteiger charge is 2.04. The molecule has 0 aliphatic rings. The van der Waals surface area contributed by atoms with Gasteiger partial charge >= 0.3 is 0 Å². The number of hydrogen-bond donors (Lipinski definition) is 0. The Bertz CT molecular complexity index is 373. The Morgan fingerprint density at radius 3 is 2.60 bits per heavy atom. The number of allylic oxidation sites excluding steroid dienone is 1. The molecule has 80 valence electrons. The molecule has 1 aromatic rings. The second kappa shape index (κ2) is 5.09. The average Bonchev–Trinajstić information content (AvgIpc) is 2.26. The lowest BCUT2D eigenvalue weighted by atomic mass is 10.3. The third kappa shape index (κ3) is 3.38. The molecule has 1 rings (SSSR count). The highest BCUT2D eigenvalue weighted by atomic mass is 19.1. The van der Waals surface area contributed by atoms with Crippen molar-refractivity contribution in [1.82, 2.24) is 0 Å². The van der Waals surface area contributed by atoms with Crippen molar-refractivity contribution in [2.45, 2.75) is 6.92 Å². The summed E-state index contributed by atoms with van der Waals surface area (Å²) in [5.41, 5.74) is -0.0196. The van der Waals surface area contributed by atoms with Gasteiger partial charge in [-0.2, -0.15) is 0 Å². The number of halogens is 1. The first-order chi connectivity index (χ1) is 7.13. The fourth-order valence-corrected chi connectivity index (χ4v) is 0.900. The van der Waals surface area contributed by atoms with Gasteiger partial charge < -0.3 is 4.74 Å². The largest absolute Gasteiger partial charge is 0.487 e. The highest BCUT2D eigenvalue weighted by molar-refractivity contribution is 5.36. The third-order valence-electron chi connectivity index (χ3n) is 1.74. The Kier molecular flexibility index (Phi) is 3.79. The van der Waals surface area contributed by atoms with E-state index < -0.39 is 4.92 Å². The highest BCUT2D eigenvalue weighted by Crippen LogP contribution is 2.17. The molecule has 0 fully saturated rings. The summed E-state index contributed by atoms with van der Waals surface area (Å²) >= 11 is 0. The van der Waals surface area contributed by atoms with Crippen LogP contribution in [0.2, 0.25) is 0 Å². The summed E-state index contributed by atoms with van der Waals surface area (Å²) in [4.78, 5) is 9.82. The lowest BCUT2D eigenvalue weighted by Crippen LogP contribution is -1.97. The Labute approximate surface area is 86.1 Å². The zero-order valence-electron chi connectivity index (χ0n) is 8.14. The van der Waals surface area contributed by atoms with Gasteiger partial charge in [0.2, 0.25) is 0 Å². The standard InChI is InChI=1S/C10H10FNO3/c1-2-8(11)7-15-10-5-3-9(4-6-10)12(13)14/h2-6H,7H2,1H3. The monoisotopic (exact) mass is 211 g/mol. The van der Waals surface area contributed by atoms with Crippen LogP contribution in [0.1, 0.15) is 6.92 Å². The zero-order valence-corrected chi connectivity index (χ0v) is 8.14. The Morgan fingerprint density at radius 1 is 1.53 bits per heavy atom. The molecule has 0 radical (unpaired) electrons. The molecule has 0 bridgehead atoms. The van der Waals surface area contributed by atoms with Crippen LogP contribution in [0.25, 0.3) is 0 Å². The number of nitro groups is 1. The van der Waals surface area contributed by atoms with Gasteiger partial charge in [0.05, 0.1) is 4.92 Å². The predicted octanol–water partition coefficient (Wildman–Crippen LogP) is 2.85. The number of rotatable bonds is 4. The van der Waals surface area contributed by atoms with Crippen LogP contribution in [0, 0.1) is 10.1 Å². The van der Waals surface area contributed by atoms with E-state index in [2.05, 4.69) is 0 Å². The van der Waals surface area contributed by atoms with Gasteiger partial charge in [-0.3, -0.25) is 10.1 Å². The molecule has 5 heteroatoms. The zero-order chi connectivity index (χ0) is 11.3. The molecule has 15 heavy (non-hydrogen) atoms. The van der Waals surface area contributed by atoms with Gasteiger partial charge in [-0.1, -0.05) is 6.08 Å². The molecule has 4 nitrogen and oxygen atoms in total. The topological polar surface area (TPSA) is 52.4 Å². The number of nitro benzene ring substituents is 1. The summed E-state index contributed by atoms with van der Waals surface area (Å²) < 4.78 is 17.7. The first-order valence-electron chi connectivity index (χ1n) is 4.31. The van der Waals surface area contributed by atoms with E-state index in [-0.39, 0.29) is 18.1 Å². The fraction of sp³-hybridized carbons (Fsp3) is 0.200. The van der Waals surface area contributed by atoms with Crippen molar-refractivity contribution in [3.8, 4) is 5.75 Å². The van der Waals surface area contributed by atoms with Gasteiger partial charge in [0.15, 0.2) is 0 Å². The van der Waals surface area contributed by atoms with Crippen molar-refractivity contribution in [1.29, 1.82) is 0 Å². The van der Waals surface area contributed by atoms with E-state index in [4.69, 9.17) is 4.74 Å². The molecule has 0 saturated carbocycles. The molecular formula is C10H10FNO3. The Morgan fingerprint density at radius 2 is 2.13 bits per heavy atom. The Hall–Kier alpha value is -1.91. The minimum Gasteiger partial charge on any atom is -0.487 e. The maximum atomic E-state index is 12.7. The second-order valence-corrected chi connectivity index (χ2v) is 2.78. The van der Waals surface area contributed by atoms with Crippen LogP contribution in [0.3, 0.4) is 0 Å². The quantitative estimate of drug-likeness (QED) is 0.568. The van der Waals surface area contributed by atoms with E-state index in [0.717, 1.165) is 0 Å². The van der Waals surface area contributed by atoms with Crippen molar-refractivity contribution in [2.75, 3.05) is 6.61 Å². The molecule has 0 aliphatic heterocycles. The first-order valence-corrected chi connectivity index (χ1v) is 4.31. The van der Waals surface area contributed by atoms with Crippen molar-refractivity contribution in [3.05, 3.63) is 46.3 Å². The minimum atomic E-state index is -0.504. The maximum absolute atomic E-state index is 12.7. The lowest BCUT2D eigenvalue weighted by molar-refractivity contribution is -0.384. The van der Waals surface area contributed by atoms with Crippen molar-refractivity contribution in [2.24, 2.45) is 0 Å². The van der Waals surface area contributed by atoms with Gasteiger partial charge in [0, 0.05) is 12.1 Å². The van der Waals surface area contributed by atoms with Crippen LogP contribution in [-0.4, -0.2) is 11.5 Å². The molecule has 0 atom stereocenters. The minimum absolute atomic E-state index is 0.0196. The number of non-ortho nitro benzene ring substituents is 1. The summed E-state index contributed by atoms with van der Waals surface area (Å²) in [5, 5.41) is 10.3. The molecule has 0 saturated heterocycles. The molecule has 0 N–H and O–H groups in total. The maximum Gasteiger partial charge on any atom is 0.269 e. The van der Waals surface area contributed by atoms with Crippen LogP contribution in [0.15, 0.2) is 36.2 Å². The van der Waals surface area contributed by atoms with Crippen LogP contribution in [0.5, 0.6) is 5.75 Å². The smallest absolute Gasteiger partial charge is 0.269 e. The van der Waals surface area contributed by atoms with E-state index in [0.29, 0.717) is 5.75 Å². The molecular weight excluding hydrogens is 201 g/mol. The Balaban J connectivity index is 2.61. The summed E-state index contributed by atoms with van der Waals surface area (Å²) in [7, 11) is 0. The van der Waals surface area contributed by atoms with Gasteiger partial charge in [0.25, 0.3) is 5.69 Å². The van der Waals surface area contributed by atoms with Crippen LogP contribution >= 0.6 is 0 Å². The van der Waals surface area contributed by atoms with Crippen molar-refractivity contribution >= 4 is 5.69 Å². The van der Waals surface area contributed by atoms with Crippen molar-refractivity contribution in [3.63, 3.8) is 0 Å². The number of hydrogen-bond acceptors (Lipinski definition) is 3. The molecule has 0 unspecified atom stereocenters. The number of ether oxygens (including phenoxy) is 1.